The van der Waals surface area contributed by atoms with Crippen LogP contribution in [0.2, 0.25) is 0 Å². The minimum atomic E-state index is -4.26. The van der Waals surface area contributed by atoms with Crippen LogP contribution in [0.4, 0.5) is 17.6 Å². The average molecular weight is 388 g/mol. The van der Waals surface area contributed by atoms with Gasteiger partial charge in [0, 0.05) is 24.8 Å². The molecule has 10 heteroatoms. The van der Waals surface area contributed by atoms with Gasteiger partial charge in [0.25, 0.3) is 5.91 Å². The Morgan fingerprint density at radius 1 is 1.40 bits per heavy atom. The molecule has 0 radical (unpaired) electrons. The third-order valence-corrected chi connectivity index (χ3v) is 3.26. The van der Waals surface area contributed by atoms with Crippen LogP contribution in [0.1, 0.15) is 36.5 Å². The Labute approximate surface area is 149 Å². The van der Waals surface area contributed by atoms with Crippen molar-refractivity contribution in [3.05, 3.63) is 23.9 Å². The molecule has 1 amide bonds. The summed E-state index contributed by atoms with van der Waals surface area (Å²) in [7, 11) is 0. The van der Waals surface area contributed by atoms with Crippen molar-refractivity contribution in [3.8, 4) is 5.88 Å². The third-order valence-electron chi connectivity index (χ3n) is 3.26. The molecule has 0 fully saturated rings. The van der Waals surface area contributed by atoms with Gasteiger partial charge in [0.2, 0.25) is 5.88 Å². The zero-order valence-corrected chi connectivity index (χ0v) is 14.5. The fourth-order valence-corrected chi connectivity index (χ4v) is 1.80. The van der Waals surface area contributed by atoms with Crippen molar-refractivity contribution >= 4 is 18.3 Å². The summed E-state index contributed by atoms with van der Waals surface area (Å²) in [6.07, 6.45) is -0.0532. The Balaban J connectivity index is 0.00000576. The molecule has 0 aliphatic carbocycles. The Hall–Kier alpha value is -1.61. The first-order chi connectivity index (χ1) is 11.3. The van der Waals surface area contributed by atoms with E-state index < -0.39 is 24.9 Å². The number of nitrogens with zero attached hydrogens (tertiary/aromatic N) is 1. The summed E-state index contributed by atoms with van der Waals surface area (Å²) in [5, 5.41) is 2.74. The number of halogens is 5. The molecule has 0 saturated carbocycles. The summed E-state index contributed by atoms with van der Waals surface area (Å²) in [6, 6.07) is 2.31. The molecule has 0 spiro atoms. The van der Waals surface area contributed by atoms with Gasteiger partial charge in [-0.1, -0.05) is 19.8 Å². The van der Waals surface area contributed by atoms with Crippen molar-refractivity contribution in [2.45, 2.75) is 44.6 Å². The van der Waals surface area contributed by atoms with Crippen LogP contribution in [0.25, 0.3) is 0 Å². The first kappa shape index (κ1) is 23.4. The number of unbranched alkanes of at least 4 members (excludes halogenated alkanes) is 1. The molecule has 1 heterocycles. The van der Waals surface area contributed by atoms with Gasteiger partial charge < -0.3 is 15.8 Å². The van der Waals surface area contributed by atoms with E-state index in [0.29, 0.717) is 6.54 Å². The van der Waals surface area contributed by atoms with E-state index in [1.807, 2.05) is 6.92 Å². The molecule has 25 heavy (non-hydrogen) atoms. The van der Waals surface area contributed by atoms with Crippen LogP contribution in [0.3, 0.4) is 0 Å². The number of rotatable bonds is 10. The molecule has 1 atom stereocenters. The predicted octanol–water partition coefficient (Wildman–Crippen LogP) is 3.03. The zero-order valence-electron chi connectivity index (χ0n) is 13.7. The number of hydrogen-bond donors (Lipinski definition) is 2. The SMILES string of the molecule is CCCCC(CN)NC(=O)c1ccc(OCC(F)(F)C(F)F)nc1.Cl. The van der Waals surface area contributed by atoms with Crippen molar-refractivity contribution in [3.63, 3.8) is 0 Å². The van der Waals surface area contributed by atoms with Crippen LogP contribution in [0.5, 0.6) is 5.88 Å². The number of nitrogens with two attached hydrogens (primary N) is 1. The molecule has 0 aliphatic rings. The minimum Gasteiger partial charge on any atom is -0.471 e. The summed E-state index contributed by atoms with van der Waals surface area (Å²) in [5.74, 6) is -4.93. The summed E-state index contributed by atoms with van der Waals surface area (Å²) in [6.45, 7) is 0.828. The molecule has 1 aromatic heterocycles. The maximum absolute atomic E-state index is 12.7. The highest BCUT2D eigenvalue weighted by molar-refractivity contribution is 5.94. The van der Waals surface area contributed by atoms with E-state index in [1.165, 1.54) is 12.1 Å². The van der Waals surface area contributed by atoms with E-state index >= 15 is 0 Å². The van der Waals surface area contributed by atoms with E-state index in [2.05, 4.69) is 15.0 Å². The second-order valence-electron chi connectivity index (χ2n) is 5.28. The van der Waals surface area contributed by atoms with Gasteiger partial charge in [-0.3, -0.25) is 4.79 Å². The van der Waals surface area contributed by atoms with Crippen molar-refractivity contribution in [1.29, 1.82) is 0 Å². The van der Waals surface area contributed by atoms with Gasteiger partial charge in [-0.25, -0.2) is 13.8 Å². The van der Waals surface area contributed by atoms with E-state index in [4.69, 9.17) is 5.73 Å². The van der Waals surface area contributed by atoms with Crippen molar-refractivity contribution in [2.24, 2.45) is 5.73 Å². The number of aromatic nitrogens is 1. The molecule has 0 bridgehead atoms. The highest BCUT2D eigenvalue weighted by atomic mass is 35.5. The number of ether oxygens (including phenoxy) is 1. The molecule has 144 valence electrons. The van der Waals surface area contributed by atoms with Crippen LogP contribution in [0.15, 0.2) is 18.3 Å². The molecule has 1 rings (SSSR count). The first-order valence-electron chi connectivity index (χ1n) is 7.56. The monoisotopic (exact) mass is 387 g/mol. The van der Waals surface area contributed by atoms with Crippen LogP contribution in [0, 0.1) is 0 Å². The normalized spacial score (nSPS) is 12.4. The standard InChI is InChI=1S/C15H21F4N3O2.ClH/c1-2-3-4-11(7-20)22-13(23)10-5-6-12(21-8-10)24-9-15(18,19)14(16)17;/h5-6,8,11,14H,2-4,7,9,20H2,1H3,(H,22,23);1H. The molecular formula is C15H22ClF4N3O2. The lowest BCUT2D eigenvalue weighted by Crippen LogP contribution is -2.40. The van der Waals surface area contributed by atoms with Crippen LogP contribution >= 0.6 is 12.4 Å². The smallest absolute Gasteiger partial charge is 0.340 e. The van der Waals surface area contributed by atoms with Crippen molar-refractivity contribution in [2.75, 3.05) is 13.2 Å². The lowest BCUT2D eigenvalue weighted by Gasteiger charge is -2.17. The number of nitrogens with one attached hydrogen (secondary N) is 1. The van der Waals surface area contributed by atoms with Gasteiger partial charge in [0.15, 0.2) is 6.61 Å². The second-order valence-corrected chi connectivity index (χ2v) is 5.28. The molecule has 5 nitrogen and oxygen atoms in total. The van der Waals surface area contributed by atoms with Gasteiger partial charge in [-0.2, -0.15) is 8.78 Å². The van der Waals surface area contributed by atoms with E-state index in [9.17, 15) is 22.4 Å². The Morgan fingerprint density at radius 3 is 2.56 bits per heavy atom. The fourth-order valence-electron chi connectivity index (χ4n) is 1.80. The van der Waals surface area contributed by atoms with Gasteiger partial charge >= 0.3 is 12.3 Å². The summed E-state index contributed by atoms with van der Waals surface area (Å²) >= 11 is 0. The predicted molar refractivity (Wildman–Crippen MR) is 87.8 cm³/mol. The molecule has 1 aromatic rings. The second kappa shape index (κ2) is 11.1. The van der Waals surface area contributed by atoms with E-state index in [1.54, 1.807) is 0 Å². The summed E-state index contributed by atoms with van der Waals surface area (Å²) in [5.41, 5.74) is 5.78. The molecular weight excluding hydrogens is 366 g/mol. The van der Waals surface area contributed by atoms with Crippen LogP contribution in [-0.2, 0) is 0 Å². The molecule has 0 saturated heterocycles. The first-order valence-corrected chi connectivity index (χ1v) is 7.56. The van der Waals surface area contributed by atoms with Gasteiger partial charge in [-0.15, -0.1) is 12.4 Å². The van der Waals surface area contributed by atoms with Crippen molar-refractivity contribution < 1.29 is 27.1 Å². The fraction of sp³-hybridized carbons (Fsp3) is 0.600. The largest absolute Gasteiger partial charge is 0.471 e. The quantitative estimate of drug-likeness (QED) is 0.605. The Kier molecular flexibility index (Phi) is 10.4. The van der Waals surface area contributed by atoms with Crippen LogP contribution in [-0.4, -0.2) is 42.4 Å². The lowest BCUT2D eigenvalue weighted by molar-refractivity contribution is -0.148. The van der Waals surface area contributed by atoms with E-state index in [0.717, 1.165) is 25.5 Å². The number of amides is 1. The Morgan fingerprint density at radius 2 is 2.08 bits per heavy atom. The molecule has 3 N–H and O–H groups in total. The number of carbonyl (C=O) groups excluding carboxylic acids is 1. The number of pyridine rings is 1. The van der Waals surface area contributed by atoms with Crippen molar-refractivity contribution in [1.82, 2.24) is 10.3 Å². The average Bonchev–Trinajstić information content (AvgIpc) is 2.56. The zero-order chi connectivity index (χ0) is 18.2. The number of hydrogen-bond acceptors (Lipinski definition) is 4. The van der Waals surface area contributed by atoms with Crippen LogP contribution < -0.4 is 15.8 Å². The number of alkyl halides is 4. The maximum atomic E-state index is 12.7. The lowest BCUT2D eigenvalue weighted by atomic mass is 10.1. The molecule has 1 unspecified atom stereocenters. The maximum Gasteiger partial charge on any atom is 0.340 e. The molecule has 0 aromatic carbocycles. The van der Waals surface area contributed by atoms with E-state index in [-0.39, 0.29) is 29.9 Å². The Bertz CT molecular complexity index is 518. The third kappa shape index (κ3) is 7.87. The van der Waals surface area contributed by atoms with Gasteiger partial charge in [-0.05, 0) is 12.5 Å². The number of carbonyl (C=O) groups is 1. The topological polar surface area (TPSA) is 77.2 Å². The molecule has 0 aliphatic heterocycles. The van der Waals surface area contributed by atoms with Gasteiger partial charge in [0.05, 0.1) is 5.56 Å². The summed E-state index contributed by atoms with van der Waals surface area (Å²) < 4.78 is 54.0. The minimum absolute atomic E-state index is 0. The van der Waals surface area contributed by atoms with Gasteiger partial charge in [0.1, 0.15) is 0 Å². The highest BCUT2D eigenvalue weighted by Crippen LogP contribution is 2.23. The highest BCUT2D eigenvalue weighted by Gasteiger charge is 2.41. The summed E-state index contributed by atoms with van der Waals surface area (Å²) in [4.78, 5) is 15.7.